The maximum atomic E-state index is 11.4. The van der Waals surface area contributed by atoms with Crippen molar-refractivity contribution in [2.24, 2.45) is 0 Å². The standard InChI is InChI=1S/C13H16N2O5/c1-2-19-11(16)8-9-4-5-10-12(14-9)15(13(17)18)6-3-7-20-10/h4-5H,2-3,6-8H2,1H3,(H,17,18). The van der Waals surface area contributed by atoms with E-state index in [2.05, 4.69) is 4.98 Å². The van der Waals surface area contributed by atoms with Crippen molar-refractivity contribution in [1.82, 2.24) is 4.98 Å². The fourth-order valence-corrected chi connectivity index (χ4v) is 1.94. The van der Waals surface area contributed by atoms with Crippen LogP contribution in [0.25, 0.3) is 0 Å². The molecule has 108 valence electrons. The highest BCUT2D eigenvalue weighted by atomic mass is 16.5. The molecule has 2 heterocycles. The minimum absolute atomic E-state index is 0.00851. The van der Waals surface area contributed by atoms with Gasteiger partial charge >= 0.3 is 12.1 Å². The van der Waals surface area contributed by atoms with Crippen LogP contribution in [0, 0.1) is 0 Å². The molecule has 0 aromatic carbocycles. The highest BCUT2D eigenvalue weighted by Crippen LogP contribution is 2.29. The van der Waals surface area contributed by atoms with Crippen molar-refractivity contribution in [3.63, 3.8) is 0 Å². The maximum Gasteiger partial charge on any atom is 0.413 e. The number of ether oxygens (including phenoxy) is 2. The van der Waals surface area contributed by atoms with Crippen LogP contribution in [0.1, 0.15) is 19.0 Å². The zero-order valence-electron chi connectivity index (χ0n) is 11.2. The highest BCUT2D eigenvalue weighted by molar-refractivity contribution is 5.87. The van der Waals surface area contributed by atoms with Gasteiger partial charge in [0, 0.05) is 6.54 Å². The van der Waals surface area contributed by atoms with Gasteiger partial charge in [-0.15, -0.1) is 0 Å². The third-order valence-corrected chi connectivity index (χ3v) is 2.80. The van der Waals surface area contributed by atoms with Gasteiger partial charge in [0.25, 0.3) is 0 Å². The summed E-state index contributed by atoms with van der Waals surface area (Å²) in [6, 6.07) is 3.28. The van der Waals surface area contributed by atoms with Crippen molar-refractivity contribution >= 4 is 17.9 Å². The number of anilines is 1. The van der Waals surface area contributed by atoms with Crippen molar-refractivity contribution in [2.75, 3.05) is 24.7 Å². The lowest BCUT2D eigenvalue weighted by atomic mass is 10.2. The van der Waals surface area contributed by atoms with Crippen LogP contribution >= 0.6 is 0 Å². The molecule has 1 amide bonds. The summed E-state index contributed by atoms with van der Waals surface area (Å²) in [5, 5.41) is 9.21. The average Bonchev–Trinajstić information content (AvgIpc) is 2.60. The van der Waals surface area contributed by atoms with E-state index in [0.717, 1.165) is 4.90 Å². The fraction of sp³-hybridized carbons (Fsp3) is 0.462. The minimum atomic E-state index is -1.09. The van der Waals surface area contributed by atoms with Gasteiger partial charge in [0.2, 0.25) is 0 Å². The number of carboxylic acid groups (broad SMARTS) is 1. The van der Waals surface area contributed by atoms with Crippen LogP contribution < -0.4 is 9.64 Å². The quantitative estimate of drug-likeness (QED) is 0.843. The molecule has 1 aromatic rings. The molecule has 1 aliphatic heterocycles. The molecule has 0 atom stereocenters. The van der Waals surface area contributed by atoms with Crippen LogP contribution in [0.5, 0.6) is 5.75 Å². The Morgan fingerprint density at radius 1 is 1.50 bits per heavy atom. The van der Waals surface area contributed by atoms with Crippen LogP contribution in [-0.2, 0) is 16.0 Å². The van der Waals surface area contributed by atoms with Gasteiger partial charge in [0.1, 0.15) is 0 Å². The molecule has 0 aliphatic carbocycles. The van der Waals surface area contributed by atoms with Crippen molar-refractivity contribution in [2.45, 2.75) is 19.8 Å². The van der Waals surface area contributed by atoms with Crippen molar-refractivity contribution in [3.8, 4) is 5.75 Å². The molecule has 0 bridgehead atoms. The molecule has 0 saturated heterocycles. The Labute approximate surface area is 116 Å². The first-order valence-corrected chi connectivity index (χ1v) is 6.40. The third-order valence-electron chi connectivity index (χ3n) is 2.80. The van der Waals surface area contributed by atoms with Gasteiger partial charge in [-0.3, -0.25) is 9.69 Å². The number of aromatic nitrogens is 1. The topological polar surface area (TPSA) is 89.0 Å². The first kappa shape index (κ1) is 14.1. The van der Waals surface area contributed by atoms with Gasteiger partial charge in [-0.25, -0.2) is 9.78 Å². The SMILES string of the molecule is CCOC(=O)Cc1ccc2c(n1)N(C(=O)O)CCCO2. The highest BCUT2D eigenvalue weighted by Gasteiger charge is 2.23. The summed E-state index contributed by atoms with van der Waals surface area (Å²) in [7, 11) is 0. The smallest absolute Gasteiger partial charge is 0.413 e. The van der Waals surface area contributed by atoms with Crippen molar-refractivity contribution < 1.29 is 24.2 Å². The Bertz CT molecular complexity index is 517. The zero-order chi connectivity index (χ0) is 14.5. The lowest BCUT2D eigenvalue weighted by molar-refractivity contribution is -0.142. The van der Waals surface area contributed by atoms with Crippen LogP contribution in [0.3, 0.4) is 0 Å². The van der Waals surface area contributed by atoms with E-state index in [-0.39, 0.29) is 12.2 Å². The molecule has 1 N–H and O–H groups in total. The molecule has 0 saturated carbocycles. The Hall–Kier alpha value is -2.31. The predicted molar refractivity (Wildman–Crippen MR) is 70.1 cm³/mol. The first-order chi connectivity index (χ1) is 9.61. The summed E-state index contributed by atoms with van der Waals surface area (Å²) in [4.78, 5) is 28.0. The van der Waals surface area contributed by atoms with E-state index in [1.54, 1.807) is 19.1 Å². The molecule has 7 heteroatoms. The summed E-state index contributed by atoms with van der Waals surface area (Å²) >= 11 is 0. The average molecular weight is 280 g/mol. The summed E-state index contributed by atoms with van der Waals surface area (Å²) in [5.74, 6) is 0.255. The number of rotatable bonds is 3. The van der Waals surface area contributed by atoms with Gasteiger partial charge in [0.15, 0.2) is 11.6 Å². The van der Waals surface area contributed by atoms with E-state index >= 15 is 0 Å². The number of amides is 1. The van der Waals surface area contributed by atoms with Crippen LogP contribution in [0.2, 0.25) is 0 Å². The third kappa shape index (κ3) is 3.17. The number of nitrogens with zero attached hydrogens (tertiary/aromatic N) is 2. The van der Waals surface area contributed by atoms with Crippen molar-refractivity contribution in [3.05, 3.63) is 17.8 Å². The molecule has 20 heavy (non-hydrogen) atoms. The molecule has 1 aromatic heterocycles. The van der Waals surface area contributed by atoms with Crippen molar-refractivity contribution in [1.29, 1.82) is 0 Å². The van der Waals surface area contributed by atoms with Crippen LogP contribution in [0.4, 0.5) is 10.6 Å². The molecule has 0 unspecified atom stereocenters. The number of carbonyl (C=O) groups excluding carboxylic acids is 1. The van der Waals surface area contributed by atoms with Gasteiger partial charge < -0.3 is 14.6 Å². The second-order valence-corrected chi connectivity index (χ2v) is 4.24. The number of carbonyl (C=O) groups is 2. The Morgan fingerprint density at radius 2 is 2.30 bits per heavy atom. The number of esters is 1. The van der Waals surface area contributed by atoms with E-state index in [1.807, 2.05) is 0 Å². The number of hydrogen-bond donors (Lipinski definition) is 1. The zero-order valence-corrected chi connectivity index (χ0v) is 11.2. The molecule has 0 fully saturated rings. The summed E-state index contributed by atoms with van der Waals surface area (Å²) in [6.45, 7) is 2.78. The molecule has 0 radical (unpaired) electrons. The van der Waals surface area contributed by atoms with E-state index < -0.39 is 12.1 Å². The Balaban J connectivity index is 2.27. The van der Waals surface area contributed by atoms with E-state index in [9.17, 15) is 14.7 Å². The minimum Gasteiger partial charge on any atom is -0.490 e. The number of fused-ring (bicyclic) bond motifs is 1. The Kier molecular flexibility index (Phi) is 4.39. The largest absolute Gasteiger partial charge is 0.490 e. The Morgan fingerprint density at radius 3 is 3.00 bits per heavy atom. The molecule has 0 spiro atoms. The lowest BCUT2D eigenvalue weighted by Gasteiger charge is -2.17. The summed E-state index contributed by atoms with van der Waals surface area (Å²) in [6.07, 6.45) is -0.484. The van der Waals surface area contributed by atoms with Gasteiger partial charge in [-0.2, -0.15) is 0 Å². The molecular weight excluding hydrogens is 264 g/mol. The molecule has 1 aliphatic rings. The summed E-state index contributed by atoms with van der Waals surface area (Å²) < 4.78 is 10.3. The van der Waals surface area contributed by atoms with Gasteiger partial charge in [-0.05, 0) is 25.5 Å². The maximum absolute atomic E-state index is 11.4. The van der Waals surface area contributed by atoms with E-state index in [4.69, 9.17) is 9.47 Å². The number of pyridine rings is 1. The van der Waals surface area contributed by atoms with E-state index in [1.165, 1.54) is 0 Å². The van der Waals surface area contributed by atoms with Gasteiger partial charge in [0.05, 0.1) is 25.3 Å². The van der Waals surface area contributed by atoms with Gasteiger partial charge in [-0.1, -0.05) is 0 Å². The normalized spacial score (nSPS) is 13.9. The number of hydrogen-bond acceptors (Lipinski definition) is 5. The lowest BCUT2D eigenvalue weighted by Crippen LogP contribution is -2.30. The molecule has 2 rings (SSSR count). The predicted octanol–water partition coefficient (Wildman–Crippen LogP) is 1.45. The molecule has 7 nitrogen and oxygen atoms in total. The summed E-state index contributed by atoms with van der Waals surface area (Å²) in [5.41, 5.74) is 0.457. The van der Waals surface area contributed by atoms with Crippen LogP contribution in [-0.4, -0.2) is 41.9 Å². The monoisotopic (exact) mass is 280 g/mol. The first-order valence-electron chi connectivity index (χ1n) is 6.40. The second kappa shape index (κ2) is 6.23. The molecular formula is C13H16N2O5. The van der Waals surface area contributed by atoms with Crippen LogP contribution in [0.15, 0.2) is 12.1 Å². The second-order valence-electron chi connectivity index (χ2n) is 4.24. The van der Waals surface area contributed by atoms with E-state index in [0.29, 0.717) is 37.6 Å². The fourth-order valence-electron chi connectivity index (χ4n) is 1.94.